The Balaban J connectivity index is 1.74. The lowest BCUT2D eigenvalue weighted by Gasteiger charge is -2.27. The summed E-state index contributed by atoms with van der Waals surface area (Å²) in [6.07, 6.45) is -3.45. The van der Waals surface area contributed by atoms with Crippen molar-refractivity contribution in [1.82, 2.24) is 9.21 Å². The summed E-state index contributed by atoms with van der Waals surface area (Å²) < 4.78 is 65.4. The van der Waals surface area contributed by atoms with E-state index in [4.69, 9.17) is 0 Å². The van der Waals surface area contributed by atoms with Gasteiger partial charge in [0, 0.05) is 20.1 Å². The highest BCUT2D eigenvalue weighted by Crippen LogP contribution is 2.30. The first-order chi connectivity index (χ1) is 14.0. The first-order valence-corrected chi connectivity index (χ1v) is 10.9. The topological polar surface area (TPSA) is 57.7 Å². The molecule has 9 heteroatoms. The van der Waals surface area contributed by atoms with Crippen LogP contribution >= 0.6 is 0 Å². The molecular weight excluding hydrogens is 417 g/mol. The van der Waals surface area contributed by atoms with Crippen LogP contribution in [-0.2, 0) is 27.5 Å². The molecule has 0 aromatic heterocycles. The molecule has 30 heavy (non-hydrogen) atoms. The average molecular weight is 440 g/mol. The lowest BCUT2D eigenvalue weighted by Crippen LogP contribution is -2.46. The molecule has 2 aromatic rings. The number of amides is 1. The summed E-state index contributed by atoms with van der Waals surface area (Å²) in [7, 11) is -2.29. The van der Waals surface area contributed by atoms with E-state index < -0.39 is 27.8 Å². The second-order valence-corrected chi connectivity index (χ2v) is 9.37. The number of likely N-dealkylation sites (N-methyl/N-ethyl adjacent to an activating group) is 1. The molecule has 1 aliphatic heterocycles. The molecule has 0 unspecified atom stereocenters. The fourth-order valence-electron chi connectivity index (χ4n) is 3.53. The molecule has 1 amide bonds. The van der Waals surface area contributed by atoms with E-state index in [-0.39, 0.29) is 23.9 Å². The van der Waals surface area contributed by atoms with Gasteiger partial charge in [-0.15, -0.1) is 0 Å². The van der Waals surface area contributed by atoms with Crippen LogP contribution in [0.2, 0.25) is 0 Å². The minimum absolute atomic E-state index is 0.0892. The summed E-state index contributed by atoms with van der Waals surface area (Å²) in [5, 5.41) is 0. The van der Waals surface area contributed by atoms with Gasteiger partial charge >= 0.3 is 6.18 Å². The van der Waals surface area contributed by atoms with Crippen molar-refractivity contribution in [3.8, 4) is 0 Å². The summed E-state index contributed by atoms with van der Waals surface area (Å²) in [5.74, 6) is -0.372. The zero-order valence-corrected chi connectivity index (χ0v) is 17.5. The second-order valence-electron chi connectivity index (χ2n) is 7.48. The maximum Gasteiger partial charge on any atom is 0.416 e. The maximum atomic E-state index is 13.0. The van der Waals surface area contributed by atoms with Gasteiger partial charge < -0.3 is 4.90 Å². The van der Waals surface area contributed by atoms with Crippen molar-refractivity contribution in [3.63, 3.8) is 0 Å². The van der Waals surface area contributed by atoms with Gasteiger partial charge in [-0.25, -0.2) is 8.42 Å². The average Bonchev–Trinajstić information content (AvgIpc) is 3.18. The molecule has 0 spiro atoms. The van der Waals surface area contributed by atoms with Gasteiger partial charge in [0.2, 0.25) is 15.9 Å². The zero-order chi connectivity index (χ0) is 22.1. The number of aryl methyl sites for hydroxylation is 1. The Morgan fingerprint density at radius 3 is 2.27 bits per heavy atom. The van der Waals surface area contributed by atoms with Crippen molar-refractivity contribution in [2.75, 3.05) is 13.6 Å². The molecule has 162 valence electrons. The van der Waals surface area contributed by atoms with Gasteiger partial charge in [0.05, 0.1) is 10.5 Å². The lowest BCUT2D eigenvalue weighted by molar-refractivity contribution is -0.137. The minimum Gasteiger partial charge on any atom is -0.340 e. The summed E-state index contributed by atoms with van der Waals surface area (Å²) in [5.41, 5.74) is 0.704. The van der Waals surface area contributed by atoms with Crippen molar-refractivity contribution in [2.45, 2.75) is 43.4 Å². The third-order valence-corrected chi connectivity index (χ3v) is 7.12. The molecule has 1 saturated heterocycles. The van der Waals surface area contributed by atoms with Gasteiger partial charge in [0.25, 0.3) is 0 Å². The van der Waals surface area contributed by atoms with Gasteiger partial charge in [0.1, 0.15) is 6.04 Å². The van der Waals surface area contributed by atoms with Crippen LogP contribution in [-0.4, -0.2) is 43.2 Å². The Kier molecular flexibility index (Phi) is 6.24. The first-order valence-electron chi connectivity index (χ1n) is 9.50. The van der Waals surface area contributed by atoms with Crippen molar-refractivity contribution >= 4 is 15.9 Å². The van der Waals surface area contributed by atoms with Crippen LogP contribution in [0.5, 0.6) is 0 Å². The SMILES string of the molecule is Cc1ccc(S(=O)(=O)N2CCC[C@H]2C(=O)N(C)Cc2ccc(C(F)(F)F)cc2)cc1. The van der Waals surface area contributed by atoms with Crippen LogP contribution in [0.3, 0.4) is 0 Å². The predicted molar refractivity (Wildman–Crippen MR) is 106 cm³/mol. The van der Waals surface area contributed by atoms with Crippen LogP contribution in [0.15, 0.2) is 53.4 Å². The van der Waals surface area contributed by atoms with Crippen LogP contribution in [0.25, 0.3) is 0 Å². The van der Waals surface area contributed by atoms with E-state index in [9.17, 15) is 26.4 Å². The Morgan fingerprint density at radius 1 is 1.10 bits per heavy atom. The third kappa shape index (κ3) is 4.67. The molecule has 0 aliphatic carbocycles. The fourth-order valence-corrected chi connectivity index (χ4v) is 5.18. The van der Waals surface area contributed by atoms with Crippen LogP contribution in [0.1, 0.15) is 29.5 Å². The van der Waals surface area contributed by atoms with Gasteiger partial charge in [-0.1, -0.05) is 29.8 Å². The highest BCUT2D eigenvalue weighted by Gasteiger charge is 2.40. The van der Waals surface area contributed by atoms with Gasteiger partial charge in [0.15, 0.2) is 0 Å². The van der Waals surface area contributed by atoms with E-state index in [0.717, 1.165) is 17.7 Å². The minimum atomic E-state index is -4.42. The number of hydrogen-bond acceptors (Lipinski definition) is 3. The molecule has 1 aliphatic rings. The molecule has 0 N–H and O–H groups in total. The standard InChI is InChI=1S/C21H23F3N2O3S/c1-15-5-11-18(12-6-15)30(28,29)26-13-3-4-19(26)20(27)25(2)14-16-7-9-17(10-8-16)21(22,23)24/h5-12,19H,3-4,13-14H2,1-2H3/t19-/m0/s1. The highest BCUT2D eigenvalue weighted by molar-refractivity contribution is 7.89. The molecule has 0 saturated carbocycles. The number of sulfonamides is 1. The Hall–Kier alpha value is -2.39. The van der Waals surface area contributed by atoms with E-state index in [0.29, 0.717) is 18.4 Å². The van der Waals surface area contributed by atoms with E-state index in [1.165, 1.54) is 40.5 Å². The molecule has 5 nitrogen and oxygen atoms in total. The number of carbonyl (C=O) groups excluding carboxylic acids is 1. The van der Waals surface area contributed by atoms with E-state index in [1.54, 1.807) is 12.1 Å². The molecule has 1 atom stereocenters. The molecule has 1 heterocycles. The summed E-state index contributed by atoms with van der Waals surface area (Å²) in [6, 6.07) is 10.2. The number of hydrogen-bond donors (Lipinski definition) is 0. The monoisotopic (exact) mass is 440 g/mol. The van der Waals surface area contributed by atoms with Crippen molar-refractivity contribution in [3.05, 3.63) is 65.2 Å². The molecule has 0 bridgehead atoms. The Morgan fingerprint density at radius 2 is 1.70 bits per heavy atom. The molecule has 1 fully saturated rings. The second kappa shape index (κ2) is 8.39. The normalized spacial score (nSPS) is 17.8. The fraction of sp³-hybridized carbons (Fsp3) is 0.381. The molecular formula is C21H23F3N2O3S. The van der Waals surface area contributed by atoms with Crippen LogP contribution in [0, 0.1) is 6.92 Å². The van der Waals surface area contributed by atoms with Gasteiger partial charge in [-0.3, -0.25) is 4.79 Å². The molecule has 0 radical (unpaired) electrons. The van der Waals surface area contributed by atoms with Crippen molar-refractivity contribution in [1.29, 1.82) is 0 Å². The third-order valence-electron chi connectivity index (χ3n) is 5.19. The number of halogens is 3. The Bertz CT molecular complexity index is 1000. The van der Waals surface area contributed by atoms with Gasteiger partial charge in [-0.2, -0.15) is 17.5 Å². The zero-order valence-electron chi connectivity index (χ0n) is 16.7. The number of benzene rings is 2. The Labute approximate surface area is 174 Å². The largest absolute Gasteiger partial charge is 0.416 e. The number of rotatable bonds is 5. The van der Waals surface area contributed by atoms with Gasteiger partial charge in [-0.05, 0) is 49.6 Å². The smallest absolute Gasteiger partial charge is 0.340 e. The van der Waals surface area contributed by atoms with Crippen LogP contribution < -0.4 is 0 Å². The summed E-state index contributed by atoms with van der Waals surface area (Å²) in [4.78, 5) is 14.5. The quantitative estimate of drug-likeness (QED) is 0.710. The highest BCUT2D eigenvalue weighted by atomic mass is 32.2. The van der Waals surface area contributed by atoms with E-state index in [2.05, 4.69) is 0 Å². The van der Waals surface area contributed by atoms with Crippen molar-refractivity contribution in [2.24, 2.45) is 0 Å². The molecule has 2 aromatic carbocycles. The van der Waals surface area contributed by atoms with Crippen LogP contribution in [0.4, 0.5) is 13.2 Å². The summed E-state index contributed by atoms with van der Waals surface area (Å²) in [6.45, 7) is 2.20. The summed E-state index contributed by atoms with van der Waals surface area (Å²) >= 11 is 0. The van der Waals surface area contributed by atoms with E-state index in [1.807, 2.05) is 6.92 Å². The maximum absolute atomic E-state index is 13.0. The van der Waals surface area contributed by atoms with Crippen molar-refractivity contribution < 1.29 is 26.4 Å². The lowest BCUT2D eigenvalue weighted by atomic mass is 10.1. The van der Waals surface area contributed by atoms with E-state index >= 15 is 0 Å². The number of carbonyl (C=O) groups is 1. The predicted octanol–water partition coefficient (Wildman–Crippen LogP) is 3.83. The first kappa shape index (κ1) is 22.3. The molecule has 3 rings (SSSR count). The number of nitrogens with zero attached hydrogens (tertiary/aromatic N) is 2. The number of alkyl halides is 3.